The Morgan fingerprint density at radius 2 is 2.31 bits per heavy atom. The molecule has 0 radical (unpaired) electrons. The van der Waals surface area contributed by atoms with Crippen molar-refractivity contribution in [3.8, 4) is 5.75 Å². The average molecular weight is 391 g/mol. The molecule has 1 aromatic carbocycles. The molecule has 1 aliphatic heterocycles. The Labute approximate surface area is 164 Å². The average Bonchev–Trinajstić information content (AvgIpc) is 2.93. The van der Waals surface area contributed by atoms with Crippen molar-refractivity contribution < 1.29 is 9.53 Å². The van der Waals surface area contributed by atoms with Gasteiger partial charge >= 0.3 is 0 Å². The van der Waals surface area contributed by atoms with Crippen LogP contribution >= 0.6 is 23.1 Å². The number of carbonyl (C=O) groups excluding carboxylic acids is 1. The molecule has 6 heteroatoms. The van der Waals surface area contributed by atoms with Crippen LogP contribution in [0.25, 0.3) is 0 Å². The lowest BCUT2D eigenvalue weighted by Gasteiger charge is -2.24. The van der Waals surface area contributed by atoms with Gasteiger partial charge < -0.3 is 9.64 Å². The number of rotatable bonds is 6. The van der Waals surface area contributed by atoms with Crippen molar-refractivity contribution in [3.63, 3.8) is 0 Å². The van der Waals surface area contributed by atoms with Gasteiger partial charge in [-0.15, -0.1) is 11.3 Å². The number of amides is 1. The number of ether oxygens (including phenoxy) is 1. The van der Waals surface area contributed by atoms with Gasteiger partial charge in [-0.05, 0) is 43.7 Å². The van der Waals surface area contributed by atoms with E-state index in [1.54, 1.807) is 11.3 Å². The van der Waals surface area contributed by atoms with Crippen molar-refractivity contribution in [1.29, 1.82) is 0 Å². The van der Waals surface area contributed by atoms with Crippen molar-refractivity contribution in [2.45, 2.75) is 45.0 Å². The Morgan fingerprint density at radius 3 is 3.08 bits per heavy atom. The van der Waals surface area contributed by atoms with E-state index in [2.05, 4.69) is 11.9 Å². The third kappa shape index (κ3) is 5.24. The molecule has 4 nitrogen and oxygen atoms in total. The Balaban J connectivity index is 1.65. The summed E-state index contributed by atoms with van der Waals surface area (Å²) in [6, 6.07) is 7.53. The van der Waals surface area contributed by atoms with Crippen LogP contribution in [0.3, 0.4) is 0 Å². The minimum Gasteiger partial charge on any atom is -0.487 e. The molecule has 1 aliphatic rings. The highest BCUT2D eigenvalue weighted by Gasteiger charge is 2.23. The molecule has 1 unspecified atom stereocenters. The lowest BCUT2D eigenvalue weighted by Crippen LogP contribution is -2.35. The Kier molecular flexibility index (Phi) is 6.97. The summed E-state index contributed by atoms with van der Waals surface area (Å²) in [4.78, 5) is 19.4. The summed E-state index contributed by atoms with van der Waals surface area (Å²) >= 11 is 3.59. The highest BCUT2D eigenvalue weighted by Crippen LogP contribution is 2.24. The van der Waals surface area contributed by atoms with Crippen LogP contribution in [-0.4, -0.2) is 39.9 Å². The van der Waals surface area contributed by atoms with Crippen molar-refractivity contribution in [2.24, 2.45) is 0 Å². The molecule has 1 fully saturated rings. The minimum absolute atomic E-state index is 0.114. The normalized spacial score (nSPS) is 17.8. The zero-order chi connectivity index (χ0) is 18.4. The van der Waals surface area contributed by atoms with E-state index in [9.17, 15) is 4.79 Å². The first-order chi connectivity index (χ1) is 12.7. The third-order valence-electron chi connectivity index (χ3n) is 4.45. The molecule has 3 rings (SSSR count). The molecular formula is C20H26N2O2S2. The molecular weight excluding hydrogens is 364 g/mol. The van der Waals surface area contributed by atoms with Gasteiger partial charge in [0, 0.05) is 29.3 Å². The lowest BCUT2D eigenvalue weighted by molar-refractivity contribution is 0.0763. The second-order valence-corrected chi connectivity index (χ2v) is 9.14. The molecule has 1 amide bonds. The molecule has 0 aliphatic carbocycles. The predicted octanol–water partition coefficient (Wildman–Crippen LogP) is 4.78. The summed E-state index contributed by atoms with van der Waals surface area (Å²) in [5.41, 5.74) is 1.63. The first kappa shape index (κ1) is 19.2. The lowest BCUT2D eigenvalue weighted by atomic mass is 10.2. The Morgan fingerprint density at radius 1 is 1.42 bits per heavy atom. The van der Waals surface area contributed by atoms with Gasteiger partial charge in [0.15, 0.2) is 0 Å². The second-order valence-electron chi connectivity index (χ2n) is 6.50. The molecule has 2 aromatic rings. The zero-order valence-corrected chi connectivity index (χ0v) is 17.1. The third-order valence-corrected chi connectivity index (χ3v) is 6.46. The van der Waals surface area contributed by atoms with Gasteiger partial charge in [-0.3, -0.25) is 4.79 Å². The van der Waals surface area contributed by atoms with E-state index >= 15 is 0 Å². The topological polar surface area (TPSA) is 42.4 Å². The van der Waals surface area contributed by atoms with Crippen molar-refractivity contribution >= 4 is 29.0 Å². The molecule has 1 saturated heterocycles. The first-order valence-electron chi connectivity index (χ1n) is 9.20. The van der Waals surface area contributed by atoms with Crippen molar-refractivity contribution in [2.75, 3.05) is 18.8 Å². The highest BCUT2D eigenvalue weighted by atomic mass is 32.2. The molecule has 1 atom stereocenters. The fourth-order valence-electron chi connectivity index (χ4n) is 3.19. The Hall–Kier alpha value is -1.53. The zero-order valence-electron chi connectivity index (χ0n) is 15.4. The molecule has 26 heavy (non-hydrogen) atoms. The number of thiazole rings is 1. The SMILES string of the molecule is CCSC1CCCCN(C(=O)c2cccc(OCc3csc(C)n3)c2)C1. The maximum Gasteiger partial charge on any atom is 0.254 e. The predicted molar refractivity (Wildman–Crippen MR) is 109 cm³/mol. The van der Waals surface area contributed by atoms with Gasteiger partial charge in [-0.2, -0.15) is 11.8 Å². The summed E-state index contributed by atoms with van der Waals surface area (Å²) in [5.74, 6) is 1.94. The van der Waals surface area contributed by atoms with Crippen LogP contribution in [0.1, 0.15) is 47.2 Å². The van der Waals surface area contributed by atoms with Crippen LogP contribution in [0, 0.1) is 6.92 Å². The largest absolute Gasteiger partial charge is 0.487 e. The van der Waals surface area contributed by atoms with E-state index in [4.69, 9.17) is 4.74 Å². The molecule has 2 heterocycles. The van der Waals surface area contributed by atoms with E-state index in [-0.39, 0.29) is 5.91 Å². The number of hydrogen-bond donors (Lipinski definition) is 0. The van der Waals surface area contributed by atoms with E-state index in [1.807, 2.05) is 53.2 Å². The second kappa shape index (κ2) is 9.42. The number of aromatic nitrogens is 1. The monoisotopic (exact) mass is 390 g/mol. The number of benzene rings is 1. The summed E-state index contributed by atoms with van der Waals surface area (Å²) in [7, 11) is 0. The number of nitrogens with zero attached hydrogens (tertiary/aromatic N) is 2. The quantitative estimate of drug-likeness (QED) is 0.712. The van der Waals surface area contributed by atoms with Crippen molar-refractivity contribution in [1.82, 2.24) is 9.88 Å². The van der Waals surface area contributed by atoms with Crippen LogP contribution in [0.2, 0.25) is 0 Å². The number of carbonyl (C=O) groups is 1. The van der Waals surface area contributed by atoms with Gasteiger partial charge in [0.2, 0.25) is 0 Å². The van der Waals surface area contributed by atoms with Gasteiger partial charge in [0.25, 0.3) is 5.91 Å². The summed E-state index contributed by atoms with van der Waals surface area (Å²) in [5, 5.41) is 3.60. The van der Waals surface area contributed by atoms with Gasteiger partial charge in [0.1, 0.15) is 12.4 Å². The fraction of sp³-hybridized carbons (Fsp3) is 0.500. The summed E-state index contributed by atoms with van der Waals surface area (Å²) in [6.07, 6.45) is 3.50. The van der Waals surface area contributed by atoms with E-state index in [0.29, 0.717) is 17.4 Å². The Bertz CT molecular complexity index is 732. The maximum absolute atomic E-state index is 13.0. The highest BCUT2D eigenvalue weighted by molar-refractivity contribution is 7.99. The van der Waals surface area contributed by atoms with Crippen LogP contribution in [0.5, 0.6) is 5.75 Å². The molecule has 1 aromatic heterocycles. The molecule has 0 bridgehead atoms. The van der Waals surface area contributed by atoms with Gasteiger partial charge in [-0.25, -0.2) is 4.98 Å². The van der Waals surface area contributed by atoms with Gasteiger partial charge in [0.05, 0.1) is 10.7 Å². The number of thioether (sulfide) groups is 1. The van der Waals surface area contributed by atoms with E-state index in [1.165, 1.54) is 12.8 Å². The van der Waals surface area contributed by atoms with Crippen LogP contribution in [0.4, 0.5) is 0 Å². The fourth-order valence-corrected chi connectivity index (χ4v) is 4.88. The summed E-state index contributed by atoms with van der Waals surface area (Å²) < 4.78 is 5.84. The summed E-state index contributed by atoms with van der Waals surface area (Å²) in [6.45, 7) is 6.30. The standard InChI is InChI=1S/C20H26N2O2S2/c1-3-25-19-9-4-5-10-22(12-19)20(23)16-7-6-8-18(11-16)24-13-17-14-26-15(2)21-17/h6-8,11,14,19H,3-5,9-10,12-13H2,1-2H3. The maximum atomic E-state index is 13.0. The van der Waals surface area contributed by atoms with Crippen LogP contribution in [-0.2, 0) is 6.61 Å². The minimum atomic E-state index is 0.114. The van der Waals surface area contributed by atoms with E-state index in [0.717, 1.165) is 41.7 Å². The molecule has 0 N–H and O–H groups in total. The van der Waals surface area contributed by atoms with Crippen molar-refractivity contribution in [3.05, 3.63) is 45.9 Å². The molecule has 140 valence electrons. The molecule has 0 saturated carbocycles. The number of likely N-dealkylation sites (tertiary alicyclic amines) is 1. The number of hydrogen-bond acceptors (Lipinski definition) is 5. The van der Waals surface area contributed by atoms with Crippen LogP contribution in [0.15, 0.2) is 29.6 Å². The first-order valence-corrected chi connectivity index (χ1v) is 11.1. The van der Waals surface area contributed by atoms with E-state index < -0.39 is 0 Å². The molecule has 0 spiro atoms. The number of aryl methyl sites for hydroxylation is 1. The van der Waals surface area contributed by atoms with Gasteiger partial charge in [-0.1, -0.05) is 19.4 Å². The smallest absolute Gasteiger partial charge is 0.254 e. The van der Waals surface area contributed by atoms with Crippen LogP contribution < -0.4 is 4.74 Å².